The Hall–Kier alpha value is -2.62. The smallest absolute Gasteiger partial charge is 0.328 e. The maximum atomic E-state index is 13.6. The number of hydrogen-bond acceptors (Lipinski definition) is 3. The van der Waals surface area contributed by atoms with Crippen molar-refractivity contribution in [3.8, 4) is 0 Å². The van der Waals surface area contributed by atoms with Crippen molar-refractivity contribution in [1.29, 1.82) is 0 Å². The summed E-state index contributed by atoms with van der Waals surface area (Å²) in [6.45, 7) is 4.10. The highest BCUT2D eigenvalue weighted by Crippen LogP contribution is 2.32. The third kappa shape index (κ3) is 6.19. The number of benzene rings is 2. The number of carbonyl (C=O) groups excluding carboxylic acids is 2. The van der Waals surface area contributed by atoms with Gasteiger partial charge in [-0.1, -0.05) is 106 Å². The average Bonchev–Trinajstić information content (AvgIpc) is 2.80. The van der Waals surface area contributed by atoms with Crippen LogP contribution in [0.2, 0.25) is 0 Å². The summed E-state index contributed by atoms with van der Waals surface area (Å²) < 4.78 is 4.98. The SMILES string of the molecule is CCCCCCCC[C@H](NC(=O)C(C)(c1ccccc1)c1ccccc1)C(=O)OC. The minimum Gasteiger partial charge on any atom is -0.467 e. The van der Waals surface area contributed by atoms with Crippen LogP contribution in [0.25, 0.3) is 0 Å². The predicted octanol–water partition coefficient (Wildman–Crippen LogP) is 5.40. The summed E-state index contributed by atoms with van der Waals surface area (Å²) in [6.07, 6.45) is 7.34. The van der Waals surface area contributed by atoms with Gasteiger partial charge in [0, 0.05) is 0 Å². The van der Waals surface area contributed by atoms with Crippen molar-refractivity contribution in [2.75, 3.05) is 7.11 Å². The fraction of sp³-hybridized carbons (Fsp3) is 0.462. The van der Waals surface area contributed by atoms with Gasteiger partial charge in [-0.05, 0) is 24.5 Å². The molecule has 0 spiro atoms. The van der Waals surface area contributed by atoms with Gasteiger partial charge in [0.15, 0.2) is 0 Å². The zero-order valence-electron chi connectivity index (χ0n) is 18.5. The monoisotopic (exact) mass is 409 g/mol. The molecule has 4 nitrogen and oxygen atoms in total. The third-order valence-corrected chi connectivity index (χ3v) is 5.79. The Balaban J connectivity index is 2.18. The zero-order valence-corrected chi connectivity index (χ0v) is 18.5. The van der Waals surface area contributed by atoms with Crippen LogP contribution in [-0.4, -0.2) is 25.0 Å². The summed E-state index contributed by atoms with van der Waals surface area (Å²) in [5, 5.41) is 2.99. The number of carbonyl (C=O) groups is 2. The molecule has 1 amide bonds. The number of methoxy groups -OCH3 is 1. The molecule has 0 saturated heterocycles. The van der Waals surface area contributed by atoms with Gasteiger partial charge in [0.1, 0.15) is 6.04 Å². The molecule has 0 heterocycles. The molecule has 2 aromatic rings. The van der Waals surface area contributed by atoms with Crippen LogP contribution in [0, 0.1) is 0 Å². The van der Waals surface area contributed by atoms with Gasteiger partial charge in [0.2, 0.25) is 5.91 Å². The van der Waals surface area contributed by atoms with E-state index < -0.39 is 11.5 Å². The molecular formula is C26H35NO3. The Kier molecular flexibility index (Phi) is 9.59. The molecule has 2 rings (SSSR count). The van der Waals surface area contributed by atoms with E-state index in [0.717, 1.165) is 30.4 Å². The van der Waals surface area contributed by atoms with Gasteiger partial charge in [-0.2, -0.15) is 0 Å². The largest absolute Gasteiger partial charge is 0.467 e. The number of rotatable bonds is 12. The molecule has 2 aromatic carbocycles. The molecule has 1 N–H and O–H groups in total. The minimum absolute atomic E-state index is 0.193. The lowest BCUT2D eigenvalue weighted by molar-refractivity contribution is -0.145. The lowest BCUT2D eigenvalue weighted by Gasteiger charge is -2.31. The van der Waals surface area contributed by atoms with Crippen LogP contribution in [0.15, 0.2) is 60.7 Å². The number of amides is 1. The first-order valence-corrected chi connectivity index (χ1v) is 11.0. The first kappa shape index (κ1) is 23.7. The van der Waals surface area contributed by atoms with E-state index in [9.17, 15) is 9.59 Å². The maximum Gasteiger partial charge on any atom is 0.328 e. The van der Waals surface area contributed by atoms with Gasteiger partial charge in [0.05, 0.1) is 12.5 Å². The van der Waals surface area contributed by atoms with Gasteiger partial charge in [0.25, 0.3) is 0 Å². The van der Waals surface area contributed by atoms with Crippen LogP contribution in [-0.2, 0) is 19.7 Å². The summed E-state index contributed by atoms with van der Waals surface area (Å²) in [7, 11) is 1.37. The average molecular weight is 410 g/mol. The molecule has 0 saturated carbocycles. The minimum atomic E-state index is -0.907. The fourth-order valence-corrected chi connectivity index (χ4v) is 3.79. The Morgan fingerprint density at radius 1 is 0.867 bits per heavy atom. The van der Waals surface area contributed by atoms with Crippen LogP contribution in [0.1, 0.15) is 69.9 Å². The fourth-order valence-electron chi connectivity index (χ4n) is 3.79. The molecule has 4 heteroatoms. The van der Waals surface area contributed by atoms with Crippen LogP contribution >= 0.6 is 0 Å². The molecule has 0 aliphatic carbocycles. The number of nitrogens with one attached hydrogen (secondary N) is 1. The molecule has 30 heavy (non-hydrogen) atoms. The van der Waals surface area contributed by atoms with E-state index >= 15 is 0 Å². The number of ether oxygens (including phenoxy) is 1. The lowest BCUT2D eigenvalue weighted by atomic mass is 9.75. The van der Waals surface area contributed by atoms with Gasteiger partial charge < -0.3 is 10.1 Å². The second-order valence-electron chi connectivity index (χ2n) is 7.96. The molecule has 0 fully saturated rings. The molecule has 0 aliphatic heterocycles. The Labute approximate surface area is 181 Å². The summed E-state index contributed by atoms with van der Waals surface area (Å²) in [6, 6.07) is 18.7. The predicted molar refractivity (Wildman–Crippen MR) is 121 cm³/mol. The molecule has 0 aromatic heterocycles. The molecule has 0 radical (unpaired) electrons. The Morgan fingerprint density at radius 3 is 1.87 bits per heavy atom. The maximum absolute atomic E-state index is 13.6. The molecule has 1 atom stereocenters. The number of esters is 1. The Bertz CT molecular complexity index is 734. The van der Waals surface area contributed by atoms with Gasteiger partial charge >= 0.3 is 5.97 Å². The molecule has 162 valence electrons. The van der Waals surface area contributed by atoms with Crippen molar-refractivity contribution < 1.29 is 14.3 Å². The highest BCUT2D eigenvalue weighted by molar-refractivity contribution is 5.94. The van der Waals surface area contributed by atoms with E-state index in [1.54, 1.807) is 0 Å². The van der Waals surface area contributed by atoms with E-state index in [-0.39, 0.29) is 11.9 Å². The second kappa shape index (κ2) is 12.2. The lowest BCUT2D eigenvalue weighted by Crippen LogP contribution is -2.50. The van der Waals surface area contributed by atoms with Gasteiger partial charge in [-0.15, -0.1) is 0 Å². The molecule has 0 aliphatic rings. The van der Waals surface area contributed by atoms with E-state index in [1.807, 2.05) is 67.6 Å². The molecule has 0 unspecified atom stereocenters. The first-order chi connectivity index (χ1) is 14.5. The van der Waals surface area contributed by atoms with Crippen molar-refractivity contribution in [3.63, 3.8) is 0 Å². The number of hydrogen-bond donors (Lipinski definition) is 1. The van der Waals surface area contributed by atoms with E-state index in [0.29, 0.717) is 6.42 Å². The standard InChI is InChI=1S/C26H35NO3/c1-4-5-6-7-8-15-20-23(24(28)30-3)27-25(29)26(2,21-16-11-9-12-17-21)22-18-13-10-14-19-22/h9-14,16-19,23H,4-8,15,20H2,1-3H3,(H,27,29)/t23-/m0/s1. The molecule has 0 bridgehead atoms. The van der Waals surface area contributed by atoms with Crippen LogP contribution < -0.4 is 5.32 Å². The highest BCUT2D eigenvalue weighted by Gasteiger charge is 2.39. The van der Waals surface area contributed by atoms with Crippen molar-refractivity contribution >= 4 is 11.9 Å². The van der Waals surface area contributed by atoms with E-state index in [4.69, 9.17) is 4.74 Å². The van der Waals surface area contributed by atoms with Crippen LogP contribution in [0.5, 0.6) is 0 Å². The summed E-state index contributed by atoms with van der Waals surface area (Å²) in [5.41, 5.74) is 0.865. The Morgan fingerprint density at radius 2 is 1.37 bits per heavy atom. The summed E-state index contributed by atoms with van der Waals surface area (Å²) >= 11 is 0. The normalized spacial score (nSPS) is 12.2. The highest BCUT2D eigenvalue weighted by atomic mass is 16.5. The van der Waals surface area contributed by atoms with Crippen LogP contribution in [0.4, 0.5) is 0 Å². The first-order valence-electron chi connectivity index (χ1n) is 11.0. The van der Waals surface area contributed by atoms with E-state index in [2.05, 4.69) is 12.2 Å². The quantitative estimate of drug-likeness (QED) is 0.377. The topological polar surface area (TPSA) is 55.4 Å². The van der Waals surface area contributed by atoms with Crippen molar-refractivity contribution in [1.82, 2.24) is 5.32 Å². The third-order valence-electron chi connectivity index (χ3n) is 5.79. The van der Waals surface area contributed by atoms with Crippen LogP contribution in [0.3, 0.4) is 0 Å². The molecular weight excluding hydrogens is 374 g/mol. The second-order valence-corrected chi connectivity index (χ2v) is 7.96. The number of unbranched alkanes of at least 4 members (excludes halogenated alkanes) is 5. The van der Waals surface area contributed by atoms with Crippen molar-refractivity contribution in [2.45, 2.75) is 70.3 Å². The van der Waals surface area contributed by atoms with Gasteiger partial charge in [-0.25, -0.2) is 4.79 Å². The van der Waals surface area contributed by atoms with Crippen molar-refractivity contribution in [3.05, 3.63) is 71.8 Å². The zero-order chi connectivity index (χ0) is 21.8. The summed E-state index contributed by atoms with van der Waals surface area (Å²) in [5.74, 6) is -0.582. The van der Waals surface area contributed by atoms with Crippen molar-refractivity contribution in [2.24, 2.45) is 0 Å². The van der Waals surface area contributed by atoms with E-state index in [1.165, 1.54) is 26.4 Å². The summed E-state index contributed by atoms with van der Waals surface area (Å²) in [4.78, 5) is 25.9. The van der Waals surface area contributed by atoms with Gasteiger partial charge in [-0.3, -0.25) is 4.79 Å².